The lowest BCUT2D eigenvalue weighted by Crippen LogP contribution is -2.24. The number of carbonyl (C=O) groups is 3. The summed E-state index contributed by atoms with van der Waals surface area (Å²) in [6, 6.07) is 0. The van der Waals surface area contributed by atoms with E-state index in [2.05, 4.69) is 0 Å². The molecule has 1 aliphatic rings. The van der Waals surface area contributed by atoms with Crippen LogP contribution in [0.4, 0.5) is 4.79 Å². The third-order valence-corrected chi connectivity index (χ3v) is 2.20. The van der Waals surface area contributed by atoms with Crippen LogP contribution < -0.4 is 5.11 Å². The zero-order chi connectivity index (χ0) is 9.30. The highest BCUT2D eigenvalue weighted by Crippen LogP contribution is 2.28. The lowest BCUT2D eigenvalue weighted by Gasteiger charge is -2.00. The van der Waals surface area contributed by atoms with Crippen LogP contribution in [0.3, 0.4) is 0 Å². The molecule has 0 N–H and O–H groups in total. The Labute approximate surface area is 72.0 Å². The third-order valence-electron chi connectivity index (χ3n) is 1.24. The Kier molecular flexibility index (Phi) is 2.18. The average Bonchev–Trinajstić information content (AvgIpc) is 2.17. The van der Waals surface area contributed by atoms with E-state index >= 15 is 0 Å². The minimum absolute atomic E-state index is 0.109. The van der Waals surface area contributed by atoms with Crippen LogP contribution >= 0.6 is 11.8 Å². The number of nitrogens with zero attached hydrogens (tertiary/aromatic N) is 1. The Bertz CT molecular complexity index is 296. The van der Waals surface area contributed by atoms with Gasteiger partial charge in [-0.15, -0.1) is 0 Å². The Morgan fingerprint density at radius 1 is 1.58 bits per heavy atom. The molecule has 1 rings (SSSR count). The first-order chi connectivity index (χ1) is 5.52. The smallest absolute Gasteiger partial charge is 0.293 e. The van der Waals surface area contributed by atoms with Crippen molar-refractivity contribution in [1.82, 2.24) is 4.90 Å². The van der Waals surface area contributed by atoms with E-state index in [0.29, 0.717) is 17.8 Å². The van der Waals surface area contributed by atoms with Crippen molar-refractivity contribution in [2.45, 2.75) is 0 Å². The van der Waals surface area contributed by atoms with Gasteiger partial charge in [0.25, 0.3) is 11.1 Å². The number of amides is 2. The normalized spacial score (nSPS) is 20.8. The number of hydrogen-bond acceptors (Lipinski definition) is 5. The largest absolute Gasteiger partial charge is 0.545 e. The number of likely N-dealkylation sites (N-methyl/N-ethyl adjacent to an activating group) is 1. The van der Waals surface area contributed by atoms with Crippen molar-refractivity contribution in [1.29, 1.82) is 0 Å². The SMILES string of the molecule is CN1C(=O)S/C(=C/C(=O)[O-])C1=O. The van der Waals surface area contributed by atoms with Gasteiger partial charge in [-0.3, -0.25) is 14.5 Å². The van der Waals surface area contributed by atoms with E-state index in [0.717, 1.165) is 4.90 Å². The van der Waals surface area contributed by atoms with Gasteiger partial charge in [-0.1, -0.05) is 0 Å². The van der Waals surface area contributed by atoms with Crippen molar-refractivity contribution >= 4 is 28.9 Å². The molecular weight excluding hydrogens is 182 g/mol. The van der Waals surface area contributed by atoms with Crippen molar-refractivity contribution < 1.29 is 19.5 Å². The third kappa shape index (κ3) is 1.48. The van der Waals surface area contributed by atoms with Crippen molar-refractivity contribution in [3.63, 3.8) is 0 Å². The van der Waals surface area contributed by atoms with Gasteiger partial charge in [0.15, 0.2) is 0 Å². The molecule has 0 aliphatic carbocycles. The van der Waals surface area contributed by atoms with Crippen LogP contribution in [0.2, 0.25) is 0 Å². The van der Waals surface area contributed by atoms with Gasteiger partial charge in [0.2, 0.25) is 0 Å². The fraction of sp³-hybridized carbons (Fsp3) is 0.167. The molecular formula is C6H4NO4S-. The van der Waals surface area contributed by atoms with Crippen LogP contribution in [-0.4, -0.2) is 29.1 Å². The lowest BCUT2D eigenvalue weighted by molar-refractivity contribution is -0.297. The molecule has 0 radical (unpaired) electrons. The molecule has 6 heteroatoms. The highest BCUT2D eigenvalue weighted by Gasteiger charge is 2.31. The van der Waals surface area contributed by atoms with Crippen LogP contribution in [0.15, 0.2) is 11.0 Å². The van der Waals surface area contributed by atoms with E-state index in [4.69, 9.17) is 0 Å². The zero-order valence-electron chi connectivity index (χ0n) is 6.07. The Balaban J connectivity index is 2.92. The fourth-order valence-electron chi connectivity index (χ4n) is 0.653. The monoisotopic (exact) mass is 186 g/mol. The summed E-state index contributed by atoms with van der Waals surface area (Å²) < 4.78 is 0. The molecule has 0 bridgehead atoms. The summed E-state index contributed by atoms with van der Waals surface area (Å²) in [5.74, 6) is -2.08. The van der Waals surface area contributed by atoms with Gasteiger partial charge in [-0.25, -0.2) is 0 Å². The summed E-state index contributed by atoms with van der Waals surface area (Å²) >= 11 is 0.588. The quantitative estimate of drug-likeness (QED) is 0.488. The average molecular weight is 186 g/mol. The number of aliphatic carboxylic acids is 1. The van der Waals surface area contributed by atoms with Gasteiger partial charge >= 0.3 is 0 Å². The highest BCUT2D eigenvalue weighted by atomic mass is 32.2. The van der Waals surface area contributed by atoms with Crippen LogP contribution in [0, 0.1) is 0 Å². The van der Waals surface area contributed by atoms with Crippen LogP contribution in [0.5, 0.6) is 0 Å². The first kappa shape index (κ1) is 8.79. The minimum Gasteiger partial charge on any atom is -0.545 e. The number of imide groups is 1. The molecule has 1 saturated heterocycles. The zero-order valence-corrected chi connectivity index (χ0v) is 6.88. The number of rotatable bonds is 1. The van der Waals surface area contributed by atoms with Crippen molar-refractivity contribution in [2.24, 2.45) is 0 Å². The van der Waals surface area contributed by atoms with E-state index in [-0.39, 0.29) is 4.91 Å². The van der Waals surface area contributed by atoms with E-state index in [1.807, 2.05) is 0 Å². The summed E-state index contributed by atoms with van der Waals surface area (Å²) in [7, 11) is 1.29. The Morgan fingerprint density at radius 3 is 2.50 bits per heavy atom. The van der Waals surface area contributed by atoms with Gasteiger partial charge in [0.05, 0.1) is 10.9 Å². The maximum Gasteiger partial charge on any atom is 0.293 e. The van der Waals surface area contributed by atoms with Crippen molar-refractivity contribution in [3.05, 3.63) is 11.0 Å². The summed E-state index contributed by atoms with van der Waals surface area (Å²) in [5.41, 5.74) is 0. The molecule has 1 aliphatic heterocycles. The lowest BCUT2D eigenvalue weighted by atomic mass is 10.4. The molecule has 1 fully saturated rings. The highest BCUT2D eigenvalue weighted by molar-refractivity contribution is 8.18. The number of carboxylic acids is 1. The molecule has 64 valence electrons. The van der Waals surface area contributed by atoms with Crippen molar-refractivity contribution in [2.75, 3.05) is 7.05 Å². The molecule has 0 aromatic carbocycles. The van der Waals surface area contributed by atoms with Gasteiger partial charge in [0, 0.05) is 7.05 Å². The van der Waals surface area contributed by atoms with E-state index in [1.54, 1.807) is 0 Å². The number of carbonyl (C=O) groups excluding carboxylic acids is 3. The molecule has 0 spiro atoms. The van der Waals surface area contributed by atoms with Crippen LogP contribution in [0.1, 0.15) is 0 Å². The molecule has 0 unspecified atom stereocenters. The summed E-state index contributed by atoms with van der Waals surface area (Å²) in [6.45, 7) is 0. The van der Waals surface area contributed by atoms with Gasteiger partial charge in [-0.2, -0.15) is 0 Å². The predicted octanol–water partition coefficient (Wildman–Crippen LogP) is -1.05. The maximum atomic E-state index is 11.0. The van der Waals surface area contributed by atoms with Gasteiger partial charge < -0.3 is 9.90 Å². The minimum atomic E-state index is -1.48. The number of thioether (sulfide) groups is 1. The molecule has 0 atom stereocenters. The molecule has 1 heterocycles. The molecule has 12 heavy (non-hydrogen) atoms. The molecule has 0 aromatic rings. The van der Waals surface area contributed by atoms with E-state index in [9.17, 15) is 19.5 Å². The number of carboxylic acid groups (broad SMARTS) is 1. The topological polar surface area (TPSA) is 77.5 Å². The first-order valence-corrected chi connectivity index (χ1v) is 3.76. The summed E-state index contributed by atoms with van der Waals surface area (Å²) in [5, 5.41) is 9.55. The van der Waals surface area contributed by atoms with Crippen molar-refractivity contribution in [3.8, 4) is 0 Å². The predicted molar refractivity (Wildman–Crippen MR) is 38.8 cm³/mol. The molecule has 5 nitrogen and oxygen atoms in total. The second kappa shape index (κ2) is 2.98. The fourth-order valence-corrected chi connectivity index (χ4v) is 1.44. The Hall–Kier alpha value is -1.30. The summed E-state index contributed by atoms with van der Waals surface area (Å²) in [6.07, 6.45) is 0.619. The van der Waals surface area contributed by atoms with Gasteiger partial charge in [-0.05, 0) is 17.8 Å². The van der Waals surface area contributed by atoms with Crippen LogP contribution in [-0.2, 0) is 9.59 Å². The Morgan fingerprint density at radius 2 is 2.17 bits per heavy atom. The maximum absolute atomic E-state index is 11.0. The standard InChI is InChI=1S/C6H5NO4S/c1-7-5(10)3(2-4(8)9)12-6(7)11/h2H,1H3,(H,8,9)/p-1/b3-2+. The van der Waals surface area contributed by atoms with E-state index in [1.165, 1.54) is 7.05 Å². The van der Waals surface area contributed by atoms with Crippen LogP contribution in [0.25, 0.3) is 0 Å². The second-order valence-electron chi connectivity index (χ2n) is 2.06. The van der Waals surface area contributed by atoms with E-state index < -0.39 is 17.1 Å². The first-order valence-electron chi connectivity index (χ1n) is 2.95. The molecule has 2 amide bonds. The van der Waals surface area contributed by atoms with Gasteiger partial charge in [0.1, 0.15) is 0 Å². The second-order valence-corrected chi connectivity index (χ2v) is 3.05. The molecule has 0 saturated carbocycles. The molecule has 0 aromatic heterocycles. The summed E-state index contributed by atoms with van der Waals surface area (Å²) in [4.78, 5) is 32.5. The number of hydrogen-bond donors (Lipinski definition) is 0.